The molecule has 0 spiro atoms. The van der Waals surface area contributed by atoms with E-state index in [4.69, 9.17) is 4.74 Å². The van der Waals surface area contributed by atoms with E-state index in [0.29, 0.717) is 12.0 Å². The zero-order chi connectivity index (χ0) is 26.3. The lowest BCUT2D eigenvalue weighted by molar-refractivity contribution is -0.145. The van der Waals surface area contributed by atoms with Gasteiger partial charge in [0.1, 0.15) is 11.9 Å². The van der Waals surface area contributed by atoms with E-state index in [9.17, 15) is 18.8 Å². The largest absolute Gasteiger partial charge is 0.469 e. The van der Waals surface area contributed by atoms with Crippen molar-refractivity contribution >= 4 is 17.8 Å². The maximum Gasteiger partial charge on any atom is 0.308 e. The van der Waals surface area contributed by atoms with Gasteiger partial charge in [-0.1, -0.05) is 19.1 Å². The van der Waals surface area contributed by atoms with Crippen molar-refractivity contribution in [1.29, 1.82) is 0 Å². The molecule has 8 nitrogen and oxygen atoms in total. The number of rotatable bonds is 10. The quantitative estimate of drug-likeness (QED) is 0.421. The van der Waals surface area contributed by atoms with Crippen molar-refractivity contribution in [2.45, 2.75) is 45.2 Å². The predicted octanol–water partition coefficient (Wildman–Crippen LogP) is 3.45. The lowest BCUT2D eigenvalue weighted by Crippen LogP contribution is -2.54. The molecule has 3 rings (SSSR count). The van der Waals surface area contributed by atoms with Gasteiger partial charge in [-0.3, -0.25) is 14.4 Å². The second-order valence-corrected chi connectivity index (χ2v) is 9.36. The molecule has 0 saturated heterocycles. The smallest absolute Gasteiger partial charge is 0.308 e. The monoisotopic (exact) mass is 494 g/mol. The summed E-state index contributed by atoms with van der Waals surface area (Å²) in [5.74, 6) is -2.31. The summed E-state index contributed by atoms with van der Waals surface area (Å²) in [7, 11) is 1.28. The van der Waals surface area contributed by atoms with Gasteiger partial charge in [-0.15, -0.1) is 0 Å². The Morgan fingerprint density at radius 2 is 1.75 bits per heavy atom. The number of nitrogens with one attached hydrogen (secondary N) is 2. The van der Waals surface area contributed by atoms with Crippen molar-refractivity contribution in [3.8, 4) is 5.69 Å². The van der Waals surface area contributed by atoms with Gasteiger partial charge >= 0.3 is 5.97 Å². The Balaban J connectivity index is 1.73. The molecule has 3 aromatic rings. The number of aromatic nitrogens is 2. The first-order valence-corrected chi connectivity index (χ1v) is 11.6. The van der Waals surface area contributed by atoms with Gasteiger partial charge in [0, 0.05) is 23.5 Å². The first-order valence-electron chi connectivity index (χ1n) is 11.6. The Morgan fingerprint density at radius 3 is 2.33 bits per heavy atom. The molecule has 2 amide bonds. The minimum atomic E-state index is -0.982. The fraction of sp³-hybridized carbons (Fsp3) is 0.333. The molecule has 0 unspecified atom stereocenters. The molecular formula is C27H31FN4O4. The average Bonchev–Trinajstić information content (AvgIpc) is 3.39. The first kappa shape index (κ1) is 26.6. The highest BCUT2D eigenvalue weighted by atomic mass is 19.1. The molecule has 2 aromatic carbocycles. The van der Waals surface area contributed by atoms with Crippen LogP contribution in [0.25, 0.3) is 5.69 Å². The van der Waals surface area contributed by atoms with Crippen LogP contribution < -0.4 is 10.6 Å². The summed E-state index contributed by atoms with van der Waals surface area (Å²) in [5, 5.41) is 9.87. The van der Waals surface area contributed by atoms with Gasteiger partial charge in [0.2, 0.25) is 5.91 Å². The Hall–Kier alpha value is -4.01. The number of halogens is 1. The van der Waals surface area contributed by atoms with Crippen molar-refractivity contribution < 1.29 is 23.5 Å². The van der Waals surface area contributed by atoms with E-state index in [2.05, 4.69) is 15.7 Å². The fourth-order valence-electron chi connectivity index (χ4n) is 3.89. The number of hydrogen-bond acceptors (Lipinski definition) is 5. The number of methoxy groups -OCH3 is 1. The maximum atomic E-state index is 13.3. The second kappa shape index (κ2) is 11.6. The Bertz CT molecular complexity index is 1180. The molecule has 0 aliphatic rings. The molecule has 0 aliphatic heterocycles. The normalized spacial score (nSPS) is 12.9. The van der Waals surface area contributed by atoms with Gasteiger partial charge in [-0.2, -0.15) is 5.10 Å². The molecule has 0 bridgehead atoms. The third-order valence-corrected chi connectivity index (χ3v) is 5.73. The van der Waals surface area contributed by atoms with Gasteiger partial charge in [-0.05, 0) is 74.7 Å². The van der Waals surface area contributed by atoms with Crippen LogP contribution in [0.2, 0.25) is 0 Å². The zero-order valence-electron chi connectivity index (χ0n) is 20.8. The van der Waals surface area contributed by atoms with E-state index >= 15 is 0 Å². The van der Waals surface area contributed by atoms with Crippen LogP contribution in [0.1, 0.15) is 43.1 Å². The van der Waals surface area contributed by atoms with Gasteiger partial charge < -0.3 is 15.4 Å². The maximum absolute atomic E-state index is 13.3. The first-order chi connectivity index (χ1) is 17.1. The van der Waals surface area contributed by atoms with Crippen molar-refractivity contribution in [2.75, 3.05) is 7.11 Å². The van der Waals surface area contributed by atoms with Gasteiger partial charge in [0.25, 0.3) is 5.91 Å². The fourth-order valence-corrected chi connectivity index (χ4v) is 3.89. The minimum absolute atomic E-state index is 0.0578. The van der Waals surface area contributed by atoms with Crippen LogP contribution in [-0.4, -0.2) is 46.3 Å². The highest BCUT2D eigenvalue weighted by molar-refractivity contribution is 5.98. The third-order valence-electron chi connectivity index (χ3n) is 5.73. The van der Waals surface area contributed by atoms with Gasteiger partial charge in [0.15, 0.2) is 0 Å². The summed E-state index contributed by atoms with van der Waals surface area (Å²) in [6, 6.07) is 13.7. The topological polar surface area (TPSA) is 102 Å². The third kappa shape index (κ3) is 7.24. The summed E-state index contributed by atoms with van der Waals surface area (Å²) >= 11 is 0. The molecule has 1 aromatic heterocycles. The molecule has 36 heavy (non-hydrogen) atoms. The van der Waals surface area contributed by atoms with E-state index in [-0.39, 0.29) is 12.2 Å². The van der Waals surface area contributed by atoms with Crippen LogP contribution in [0.4, 0.5) is 4.39 Å². The Kier molecular flexibility index (Phi) is 8.58. The molecular weight excluding hydrogens is 463 g/mol. The lowest BCUT2D eigenvalue weighted by Gasteiger charge is -2.30. The molecule has 0 aliphatic carbocycles. The van der Waals surface area contributed by atoms with Crippen LogP contribution in [0.15, 0.2) is 67.0 Å². The number of carbonyl (C=O) groups excluding carboxylic acids is 3. The molecule has 9 heteroatoms. The summed E-state index contributed by atoms with van der Waals surface area (Å²) in [4.78, 5) is 38.3. The van der Waals surface area contributed by atoms with Gasteiger partial charge in [0.05, 0.1) is 18.7 Å². The highest BCUT2D eigenvalue weighted by Crippen LogP contribution is 2.16. The van der Waals surface area contributed by atoms with Crippen LogP contribution >= 0.6 is 0 Å². The van der Waals surface area contributed by atoms with E-state index in [1.54, 1.807) is 66.5 Å². The van der Waals surface area contributed by atoms with Crippen molar-refractivity contribution in [3.05, 3.63) is 83.9 Å². The predicted molar refractivity (Wildman–Crippen MR) is 133 cm³/mol. The van der Waals surface area contributed by atoms with Gasteiger partial charge in [-0.25, -0.2) is 9.07 Å². The molecule has 0 fully saturated rings. The van der Waals surface area contributed by atoms with Crippen LogP contribution in [-0.2, 0) is 20.7 Å². The Labute approximate surface area is 209 Å². The zero-order valence-corrected chi connectivity index (χ0v) is 20.8. The summed E-state index contributed by atoms with van der Waals surface area (Å²) in [6.45, 7) is 5.32. The number of hydrogen-bond donors (Lipinski definition) is 2. The minimum Gasteiger partial charge on any atom is -0.469 e. The summed E-state index contributed by atoms with van der Waals surface area (Å²) < 4.78 is 19.7. The van der Waals surface area contributed by atoms with Crippen LogP contribution in [0, 0.1) is 11.7 Å². The van der Waals surface area contributed by atoms with Crippen molar-refractivity contribution in [2.24, 2.45) is 5.92 Å². The highest BCUT2D eigenvalue weighted by Gasteiger charge is 2.30. The number of carbonyl (C=O) groups is 3. The second-order valence-electron chi connectivity index (χ2n) is 9.36. The van der Waals surface area contributed by atoms with Crippen LogP contribution in [0.3, 0.4) is 0 Å². The SMILES string of the molecule is COC(=O)[C@@H](C)C[C@H](NC(=O)c1ccc(-n2cccn2)cc1)C(=O)NC(C)(C)Cc1ccc(F)cc1. The van der Waals surface area contributed by atoms with E-state index < -0.39 is 35.3 Å². The van der Waals surface area contributed by atoms with E-state index in [1.807, 2.05) is 13.8 Å². The molecule has 190 valence electrons. The van der Waals surface area contributed by atoms with Crippen molar-refractivity contribution in [1.82, 2.24) is 20.4 Å². The number of esters is 1. The molecule has 1 heterocycles. The average molecular weight is 495 g/mol. The molecule has 0 saturated carbocycles. The Morgan fingerprint density at radius 1 is 1.08 bits per heavy atom. The lowest BCUT2D eigenvalue weighted by atomic mass is 9.93. The standard InChI is InChI=1S/C27H31FN4O4/c1-18(26(35)36-4)16-23(25(34)31-27(2,3)17-19-6-10-21(28)11-7-19)30-24(33)20-8-12-22(13-9-20)32-15-5-14-29-32/h5-15,18,23H,16-17H2,1-4H3,(H,30,33)(H,31,34)/t18-,23-/m0/s1. The number of ether oxygens (including phenoxy) is 1. The number of amides is 2. The summed E-state index contributed by atoms with van der Waals surface area (Å²) in [5.41, 5.74) is 1.30. The van der Waals surface area contributed by atoms with Crippen LogP contribution in [0.5, 0.6) is 0 Å². The van der Waals surface area contributed by atoms with E-state index in [0.717, 1.165) is 11.3 Å². The van der Waals surface area contributed by atoms with Crippen molar-refractivity contribution in [3.63, 3.8) is 0 Å². The number of nitrogens with zero attached hydrogens (tertiary/aromatic N) is 2. The molecule has 2 atom stereocenters. The summed E-state index contributed by atoms with van der Waals surface area (Å²) in [6.07, 6.45) is 3.95. The number of benzene rings is 2. The molecule has 2 N–H and O–H groups in total. The molecule has 0 radical (unpaired) electrons. The van der Waals surface area contributed by atoms with E-state index in [1.165, 1.54) is 19.2 Å².